The molecule has 0 unspecified atom stereocenters. The molecule has 1 aromatic rings. The lowest BCUT2D eigenvalue weighted by Crippen LogP contribution is -2.23. The third-order valence-electron chi connectivity index (χ3n) is 1.96. The van der Waals surface area contributed by atoms with Crippen LogP contribution in [0.1, 0.15) is 12.0 Å². The number of carbonyl (C=O) groups is 1. The maximum absolute atomic E-state index is 12.0. The number of hydrogen-bond acceptors (Lipinski definition) is 3. The molecule has 0 radical (unpaired) electrons. The highest BCUT2D eigenvalue weighted by atomic mass is 19.4. The SMILES string of the molecule is O=C(CCO)NCc1cccc(OC(F)(F)F)c1. The molecule has 0 saturated carbocycles. The minimum Gasteiger partial charge on any atom is -0.406 e. The van der Waals surface area contributed by atoms with Gasteiger partial charge in [0.1, 0.15) is 5.75 Å². The molecular weight excluding hydrogens is 251 g/mol. The lowest BCUT2D eigenvalue weighted by atomic mass is 10.2. The average molecular weight is 263 g/mol. The van der Waals surface area contributed by atoms with Gasteiger partial charge in [-0.15, -0.1) is 13.2 Å². The van der Waals surface area contributed by atoms with Gasteiger partial charge in [-0.25, -0.2) is 0 Å². The first-order chi connectivity index (χ1) is 8.40. The van der Waals surface area contributed by atoms with Crippen LogP contribution in [-0.4, -0.2) is 24.0 Å². The van der Waals surface area contributed by atoms with E-state index >= 15 is 0 Å². The fourth-order valence-electron chi connectivity index (χ4n) is 1.24. The van der Waals surface area contributed by atoms with Crippen molar-refractivity contribution >= 4 is 5.91 Å². The Morgan fingerprint density at radius 3 is 2.72 bits per heavy atom. The lowest BCUT2D eigenvalue weighted by Gasteiger charge is -2.10. The van der Waals surface area contributed by atoms with E-state index in [1.54, 1.807) is 6.07 Å². The van der Waals surface area contributed by atoms with Crippen molar-refractivity contribution < 1.29 is 27.8 Å². The summed E-state index contributed by atoms with van der Waals surface area (Å²) in [5.41, 5.74) is 0.475. The van der Waals surface area contributed by atoms with Crippen molar-refractivity contribution in [3.05, 3.63) is 29.8 Å². The van der Waals surface area contributed by atoms with Gasteiger partial charge in [0.2, 0.25) is 5.91 Å². The van der Waals surface area contributed by atoms with Gasteiger partial charge in [0.15, 0.2) is 0 Å². The summed E-state index contributed by atoms with van der Waals surface area (Å²) in [5, 5.41) is 11.0. The standard InChI is InChI=1S/C11H12F3NO3/c12-11(13,14)18-9-3-1-2-8(6-9)7-15-10(17)4-5-16/h1-3,6,16H,4-5,7H2,(H,15,17). The molecule has 18 heavy (non-hydrogen) atoms. The molecule has 100 valence electrons. The molecule has 0 spiro atoms. The molecule has 0 aromatic heterocycles. The van der Waals surface area contributed by atoms with E-state index in [1.807, 2.05) is 0 Å². The Hall–Kier alpha value is -1.76. The molecule has 1 rings (SSSR count). The number of alkyl halides is 3. The molecule has 0 aliphatic heterocycles. The van der Waals surface area contributed by atoms with E-state index in [0.29, 0.717) is 5.56 Å². The van der Waals surface area contributed by atoms with Crippen LogP contribution in [0.3, 0.4) is 0 Å². The molecule has 7 heteroatoms. The van der Waals surface area contributed by atoms with Gasteiger partial charge in [-0.05, 0) is 17.7 Å². The summed E-state index contributed by atoms with van der Waals surface area (Å²) < 4.78 is 39.6. The van der Waals surface area contributed by atoms with E-state index < -0.39 is 6.36 Å². The van der Waals surface area contributed by atoms with E-state index in [4.69, 9.17) is 5.11 Å². The second-order valence-electron chi connectivity index (χ2n) is 3.45. The smallest absolute Gasteiger partial charge is 0.406 e. The Balaban J connectivity index is 2.57. The van der Waals surface area contributed by atoms with Crippen molar-refractivity contribution in [1.82, 2.24) is 5.32 Å². The molecule has 1 aromatic carbocycles. The Labute approximate surface area is 101 Å². The normalized spacial score (nSPS) is 11.1. The Kier molecular flexibility index (Phi) is 4.96. The first-order valence-electron chi connectivity index (χ1n) is 5.13. The summed E-state index contributed by atoms with van der Waals surface area (Å²) in [6.07, 6.45) is -4.78. The van der Waals surface area contributed by atoms with Crippen LogP contribution in [0.5, 0.6) is 5.75 Å². The van der Waals surface area contributed by atoms with Gasteiger partial charge in [0, 0.05) is 13.0 Å². The van der Waals surface area contributed by atoms with E-state index in [0.717, 1.165) is 0 Å². The van der Waals surface area contributed by atoms with Gasteiger partial charge >= 0.3 is 6.36 Å². The van der Waals surface area contributed by atoms with Gasteiger partial charge in [-0.3, -0.25) is 4.79 Å². The highest BCUT2D eigenvalue weighted by molar-refractivity contribution is 5.75. The van der Waals surface area contributed by atoms with E-state index in [2.05, 4.69) is 10.1 Å². The van der Waals surface area contributed by atoms with Crippen LogP contribution in [0, 0.1) is 0 Å². The molecule has 0 aliphatic carbocycles. The maximum Gasteiger partial charge on any atom is 0.573 e. The maximum atomic E-state index is 12.0. The van der Waals surface area contributed by atoms with Crippen LogP contribution in [0.25, 0.3) is 0 Å². The zero-order chi connectivity index (χ0) is 13.6. The molecular formula is C11H12F3NO3. The molecule has 0 fully saturated rings. The molecule has 2 N–H and O–H groups in total. The molecule has 0 heterocycles. The fraction of sp³-hybridized carbons (Fsp3) is 0.364. The molecule has 0 aliphatic rings. The van der Waals surface area contributed by atoms with Crippen LogP contribution in [-0.2, 0) is 11.3 Å². The van der Waals surface area contributed by atoms with E-state index in [1.165, 1.54) is 18.2 Å². The number of halogens is 3. The number of rotatable bonds is 5. The van der Waals surface area contributed by atoms with Crippen molar-refractivity contribution in [3.8, 4) is 5.75 Å². The topological polar surface area (TPSA) is 58.6 Å². The van der Waals surface area contributed by atoms with Crippen molar-refractivity contribution in [2.75, 3.05) is 6.61 Å². The number of aliphatic hydroxyl groups excluding tert-OH is 1. The summed E-state index contributed by atoms with van der Waals surface area (Å²) >= 11 is 0. The minimum atomic E-state index is -4.74. The Bertz CT molecular complexity index is 407. The quantitative estimate of drug-likeness (QED) is 0.848. The van der Waals surface area contributed by atoms with Crippen molar-refractivity contribution in [2.24, 2.45) is 0 Å². The summed E-state index contributed by atoms with van der Waals surface area (Å²) in [6, 6.07) is 5.32. The molecule has 0 saturated heterocycles. The number of carbonyl (C=O) groups excluding carboxylic acids is 1. The van der Waals surface area contributed by atoms with Crippen molar-refractivity contribution in [3.63, 3.8) is 0 Å². The number of nitrogens with one attached hydrogen (secondary N) is 1. The predicted molar refractivity (Wildman–Crippen MR) is 56.7 cm³/mol. The minimum absolute atomic E-state index is 0.0429. The molecule has 0 bridgehead atoms. The third-order valence-corrected chi connectivity index (χ3v) is 1.96. The van der Waals surface area contributed by atoms with Gasteiger partial charge < -0.3 is 15.2 Å². The lowest BCUT2D eigenvalue weighted by molar-refractivity contribution is -0.274. The fourth-order valence-corrected chi connectivity index (χ4v) is 1.24. The summed E-state index contributed by atoms with van der Waals surface area (Å²) in [5.74, 6) is -0.712. The van der Waals surface area contributed by atoms with Crippen LogP contribution in [0.4, 0.5) is 13.2 Å². The molecule has 4 nitrogen and oxygen atoms in total. The molecule has 0 atom stereocenters. The number of benzene rings is 1. The highest BCUT2D eigenvalue weighted by Gasteiger charge is 2.31. The summed E-state index contributed by atoms with van der Waals surface area (Å²) in [4.78, 5) is 11.0. The second-order valence-corrected chi connectivity index (χ2v) is 3.45. The Morgan fingerprint density at radius 2 is 2.11 bits per heavy atom. The first-order valence-corrected chi connectivity index (χ1v) is 5.13. The van der Waals surface area contributed by atoms with E-state index in [9.17, 15) is 18.0 Å². The predicted octanol–water partition coefficient (Wildman–Crippen LogP) is 1.58. The van der Waals surface area contributed by atoms with Crippen molar-refractivity contribution in [2.45, 2.75) is 19.3 Å². The zero-order valence-corrected chi connectivity index (χ0v) is 9.33. The zero-order valence-electron chi connectivity index (χ0n) is 9.33. The summed E-state index contributed by atoms with van der Waals surface area (Å²) in [7, 11) is 0. The van der Waals surface area contributed by atoms with Gasteiger partial charge in [-0.2, -0.15) is 0 Å². The number of amides is 1. The monoisotopic (exact) mass is 263 g/mol. The number of hydrogen-bond donors (Lipinski definition) is 2. The highest BCUT2D eigenvalue weighted by Crippen LogP contribution is 2.23. The van der Waals surface area contributed by atoms with E-state index in [-0.39, 0.29) is 31.2 Å². The third kappa shape index (κ3) is 5.53. The van der Waals surface area contributed by atoms with Gasteiger partial charge in [-0.1, -0.05) is 12.1 Å². The van der Waals surface area contributed by atoms with Crippen molar-refractivity contribution in [1.29, 1.82) is 0 Å². The average Bonchev–Trinajstić information content (AvgIpc) is 2.25. The first kappa shape index (κ1) is 14.3. The molecule has 1 amide bonds. The Morgan fingerprint density at radius 1 is 1.39 bits per heavy atom. The second kappa shape index (κ2) is 6.25. The number of ether oxygens (including phenoxy) is 1. The largest absolute Gasteiger partial charge is 0.573 e. The number of aliphatic hydroxyl groups is 1. The summed E-state index contributed by atoms with van der Waals surface area (Å²) in [6.45, 7) is -0.197. The van der Waals surface area contributed by atoms with Gasteiger partial charge in [0.05, 0.1) is 6.61 Å². The van der Waals surface area contributed by atoms with Gasteiger partial charge in [0.25, 0.3) is 0 Å². The van der Waals surface area contributed by atoms with Crippen LogP contribution in [0.2, 0.25) is 0 Å². The van der Waals surface area contributed by atoms with Crippen LogP contribution in [0.15, 0.2) is 24.3 Å². The van der Waals surface area contributed by atoms with Crippen LogP contribution < -0.4 is 10.1 Å². The van der Waals surface area contributed by atoms with Crippen LogP contribution >= 0.6 is 0 Å².